The molecule has 5 heterocycles. The van der Waals surface area contributed by atoms with Crippen molar-refractivity contribution in [1.82, 2.24) is 18.7 Å². The molecule has 336 valence electrons. The van der Waals surface area contributed by atoms with Crippen LogP contribution in [0.5, 0.6) is 11.5 Å². The van der Waals surface area contributed by atoms with Crippen LogP contribution in [0.4, 0.5) is 22.7 Å². The smallest absolute Gasteiger partial charge is 0.192 e. The minimum absolute atomic E-state index is 0.514. The van der Waals surface area contributed by atoms with Crippen LogP contribution in [-0.2, 0) is 0 Å². The van der Waals surface area contributed by atoms with E-state index < -0.39 is 0 Å². The molecule has 0 radical (unpaired) electrons. The Labute approximate surface area is 409 Å². The van der Waals surface area contributed by atoms with Gasteiger partial charge < -0.3 is 23.7 Å². The molecule has 0 saturated carbocycles. The molecule has 0 aliphatic carbocycles. The topological polar surface area (TPSA) is 47.8 Å². The second-order valence-corrected chi connectivity index (χ2v) is 18.5. The van der Waals surface area contributed by atoms with Gasteiger partial charge in [0, 0.05) is 74.5 Å². The Balaban J connectivity index is 0.947. The van der Waals surface area contributed by atoms with Gasteiger partial charge in [0.25, 0.3) is 0 Å². The van der Waals surface area contributed by atoms with Crippen LogP contribution in [0, 0.1) is 13.5 Å². The van der Waals surface area contributed by atoms with Crippen molar-refractivity contribution in [1.29, 1.82) is 0 Å². The van der Waals surface area contributed by atoms with E-state index in [1.54, 1.807) is 0 Å². The van der Waals surface area contributed by atoms with E-state index in [0.29, 0.717) is 23.9 Å². The maximum Gasteiger partial charge on any atom is 0.192 e. The summed E-state index contributed by atoms with van der Waals surface area (Å²) in [6.45, 7) is 10.9. The van der Waals surface area contributed by atoms with Gasteiger partial charge in [0.2, 0.25) is 0 Å². The Bertz CT molecular complexity index is 4140. The molecule has 9 aromatic carbocycles. The van der Waals surface area contributed by atoms with E-state index >= 15 is 0 Å². The van der Waals surface area contributed by atoms with E-state index in [1.165, 1.54) is 21.5 Å². The Morgan fingerprint density at radius 3 is 1.51 bits per heavy atom. The highest BCUT2D eigenvalue weighted by Crippen LogP contribution is 2.45. The molecule has 4 aromatic heterocycles. The molecule has 0 bridgehead atoms. The summed E-state index contributed by atoms with van der Waals surface area (Å²) in [6, 6.07) is 72.7. The van der Waals surface area contributed by atoms with Gasteiger partial charge in [-0.05, 0) is 97.4 Å². The van der Waals surface area contributed by atoms with Gasteiger partial charge in [-0.1, -0.05) is 109 Å². The molecule has 0 N–H and O–H groups in total. The number of aryl methyl sites for hydroxylation is 1. The van der Waals surface area contributed by atoms with Crippen LogP contribution in [-0.4, -0.2) is 32.4 Å². The third-order valence-electron chi connectivity index (χ3n) is 14.4. The first-order valence-electron chi connectivity index (χ1n) is 23.9. The molecule has 0 amide bonds. The van der Waals surface area contributed by atoms with Crippen LogP contribution >= 0.6 is 0 Å². The number of benzene rings is 9. The highest BCUT2D eigenvalue weighted by atomic mass is 16.5. The highest BCUT2D eigenvalue weighted by Gasteiger charge is 2.26. The summed E-state index contributed by atoms with van der Waals surface area (Å²) in [5.74, 6) is 2.07. The lowest BCUT2D eigenvalue weighted by atomic mass is 9.98. The number of para-hydroxylation sites is 7. The van der Waals surface area contributed by atoms with Crippen LogP contribution in [0.2, 0.25) is 0 Å². The van der Waals surface area contributed by atoms with Crippen molar-refractivity contribution in [3.8, 4) is 39.8 Å². The van der Waals surface area contributed by atoms with Crippen molar-refractivity contribution in [2.75, 3.05) is 23.5 Å². The summed E-state index contributed by atoms with van der Waals surface area (Å²) in [5.41, 5.74) is 15.6. The average Bonchev–Trinajstić information content (AvgIpc) is 4.15. The fourth-order valence-corrected chi connectivity index (χ4v) is 11.3. The molecule has 8 heteroatoms. The molecule has 0 saturated heterocycles. The van der Waals surface area contributed by atoms with Crippen LogP contribution in [0.1, 0.15) is 5.56 Å². The maximum atomic E-state index is 8.00. The SMILES string of the molecule is [C-]#[N+]c1cc(Oc2ccc3c4ccccc4n(-c4cc(C)c(-c5c(-n6c7ccccc7c7ccccc76)cccc5-n5c6ccccc6c6ccccc65)cn4)c3c2)cc(N2CN(C)c3ccccc32)c1. The molecule has 1 aliphatic rings. The number of ether oxygens (including phenoxy) is 1. The molecule has 0 fully saturated rings. The van der Waals surface area contributed by atoms with E-state index in [0.717, 1.165) is 94.8 Å². The van der Waals surface area contributed by atoms with Crippen LogP contribution < -0.4 is 14.5 Å². The van der Waals surface area contributed by atoms with Gasteiger partial charge in [0.05, 0.1) is 69.1 Å². The van der Waals surface area contributed by atoms with Crippen molar-refractivity contribution in [2.24, 2.45) is 0 Å². The average molecular weight is 914 g/mol. The summed E-state index contributed by atoms with van der Waals surface area (Å²) in [5, 5.41) is 7.05. The fourth-order valence-electron chi connectivity index (χ4n) is 11.3. The second-order valence-electron chi connectivity index (χ2n) is 18.5. The minimum atomic E-state index is 0.514. The third-order valence-corrected chi connectivity index (χ3v) is 14.4. The maximum absolute atomic E-state index is 8.00. The first-order chi connectivity index (χ1) is 35.0. The predicted octanol–water partition coefficient (Wildman–Crippen LogP) is 16.2. The molecule has 14 rings (SSSR count). The van der Waals surface area contributed by atoms with Gasteiger partial charge in [-0.15, -0.1) is 0 Å². The summed E-state index contributed by atoms with van der Waals surface area (Å²) < 4.78 is 13.8. The Morgan fingerprint density at radius 2 is 0.958 bits per heavy atom. The number of pyridine rings is 1. The van der Waals surface area contributed by atoms with Gasteiger partial charge >= 0.3 is 0 Å². The fraction of sp³-hybridized carbons (Fsp3) is 0.0476. The lowest BCUT2D eigenvalue weighted by Crippen LogP contribution is -2.23. The monoisotopic (exact) mass is 913 g/mol. The lowest BCUT2D eigenvalue weighted by molar-refractivity contribution is 0.483. The van der Waals surface area contributed by atoms with Crippen molar-refractivity contribution >= 4 is 88.2 Å². The molecule has 0 spiro atoms. The zero-order valence-electron chi connectivity index (χ0n) is 39.0. The standard InChI is InChI=1S/C63H43N7O/c1-40-33-62(70-56-26-13-8-21-49(56)50-32-31-43(37-61(50)70)71-44-35-41(64-2)34-42(36-44)67-39-66(3)57-27-14-15-28-58(57)67)65-38-51(40)63-59(68-52-22-9-4-17-45(52)46-18-5-10-23-53(46)68)29-16-30-60(63)69-54-24-11-6-19-47(54)48-20-7-12-25-55(48)69/h4-38H,39H2,1,3H3. The largest absolute Gasteiger partial charge is 0.459 e. The van der Waals surface area contributed by atoms with Crippen LogP contribution in [0.25, 0.3) is 98.6 Å². The second kappa shape index (κ2) is 15.7. The molecular formula is C63H43N7O. The van der Waals surface area contributed by atoms with Gasteiger partial charge in [-0.25, -0.2) is 9.83 Å². The van der Waals surface area contributed by atoms with Crippen molar-refractivity contribution in [2.45, 2.75) is 6.92 Å². The number of nitrogens with zero attached hydrogens (tertiary/aromatic N) is 7. The zero-order chi connectivity index (χ0) is 47.3. The minimum Gasteiger partial charge on any atom is -0.459 e. The Morgan fingerprint density at radius 1 is 0.465 bits per heavy atom. The van der Waals surface area contributed by atoms with Crippen LogP contribution in [0.3, 0.4) is 0 Å². The van der Waals surface area contributed by atoms with E-state index in [-0.39, 0.29) is 0 Å². The Hall–Kier alpha value is -9.58. The number of aromatic nitrogens is 4. The van der Waals surface area contributed by atoms with Gasteiger partial charge in [0.15, 0.2) is 5.69 Å². The van der Waals surface area contributed by atoms with E-state index in [9.17, 15) is 0 Å². The summed E-state index contributed by atoms with van der Waals surface area (Å²) in [7, 11) is 2.09. The van der Waals surface area contributed by atoms with Crippen molar-refractivity contribution in [3.63, 3.8) is 0 Å². The van der Waals surface area contributed by atoms with Gasteiger partial charge in [-0.2, -0.15) is 0 Å². The van der Waals surface area contributed by atoms with E-state index in [4.69, 9.17) is 16.3 Å². The normalized spacial score (nSPS) is 12.5. The number of hydrogen-bond acceptors (Lipinski definition) is 4. The Kier molecular flexibility index (Phi) is 8.97. The molecule has 0 atom stereocenters. The first-order valence-corrected chi connectivity index (χ1v) is 23.9. The zero-order valence-corrected chi connectivity index (χ0v) is 39.0. The molecule has 1 aliphatic heterocycles. The van der Waals surface area contributed by atoms with Crippen LogP contribution in [0.15, 0.2) is 212 Å². The molecule has 0 unspecified atom stereocenters. The van der Waals surface area contributed by atoms with Crippen molar-refractivity contribution in [3.05, 3.63) is 229 Å². The number of rotatable bonds is 7. The van der Waals surface area contributed by atoms with Crippen molar-refractivity contribution < 1.29 is 4.74 Å². The summed E-state index contributed by atoms with van der Waals surface area (Å²) in [4.78, 5) is 13.7. The highest BCUT2D eigenvalue weighted by molar-refractivity contribution is 6.13. The number of anilines is 3. The summed E-state index contributed by atoms with van der Waals surface area (Å²) in [6.07, 6.45) is 2.07. The third kappa shape index (κ3) is 6.20. The summed E-state index contributed by atoms with van der Waals surface area (Å²) >= 11 is 0. The lowest BCUT2D eigenvalue weighted by Gasteiger charge is -2.21. The number of hydrogen-bond donors (Lipinski definition) is 0. The number of fused-ring (bicyclic) bond motifs is 10. The molecule has 13 aromatic rings. The predicted molar refractivity (Wildman–Crippen MR) is 292 cm³/mol. The van der Waals surface area contributed by atoms with E-state index in [2.05, 4.69) is 231 Å². The molecular weight excluding hydrogens is 871 g/mol. The quantitative estimate of drug-likeness (QED) is 0.150. The van der Waals surface area contributed by atoms with E-state index in [1.807, 2.05) is 24.3 Å². The molecule has 8 nitrogen and oxygen atoms in total. The molecule has 71 heavy (non-hydrogen) atoms. The van der Waals surface area contributed by atoms with Gasteiger partial charge in [0.1, 0.15) is 17.3 Å². The van der Waals surface area contributed by atoms with Gasteiger partial charge in [-0.3, -0.25) is 4.57 Å². The first kappa shape index (κ1) is 40.5.